The number of hydrogen-bond acceptors (Lipinski definition) is 7. The molecule has 10 heteroatoms. The Kier molecular flexibility index (Phi) is 6.15. The molecule has 0 saturated carbocycles. The molecule has 0 spiro atoms. The molecule has 0 aliphatic carbocycles. The first-order valence-corrected chi connectivity index (χ1v) is 12.6. The molecule has 0 amide bonds. The summed E-state index contributed by atoms with van der Waals surface area (Å²) in [6.07, 6.45) is 1.13. The Hall–Kier alpha value is -2.98. The van der Waals surface area contributed by atoms with Gasteiger partial charge in [0.2, 0.25) is 5.95 Å². The number of benzene rings is 2. The molecule has 8 nitrogen and oxygen atoms in total. The highest BCUT2D eigenvalue weighted by atomic mass is 32.2. The molecule has 1 N–H and O–H groups in total. The van der Waals surface area contributed by atoms with Gasteiger partial charge < -0.3 is 15.0 Å². The summed E-state index contributed by atoms with van der Waals surface area (Å²) in [4.78, 5) is 20.0. The summed E-state index contributed by atoms with van der Waals surface area (Å²) in [5, 5.41) is 3.44. The van der Waals surface area contributed by atoms with Crippen LogP contribution in [0.2, 0.25) is 0 Å². The van der Waals surface area contributed by atoms with Gasteiger partial charge in [-0.15, -0.1) is 0 Å². The predicted molar refractivity (Wildman–Crippen MR) is 126 cm³/mol. The number of ether oxygens (including phenoxy) is 1. The fraction of sp³-hybridized carbons (Fsp3) is 0.391. The van der Waals surface area contributed by atoms with Crippen molar-refractivity contribution in [2.75, 3.05) is 42.8 Å². The van der Waals surface area contributed by atoms with Crippen LogP contribution in [0.15, 0.2) is 40.0 Å². The maximum atomic E-state index is 15.5. The summed E-state index contributed by atoms with van der Waals surface area (Å²) in [5.41, 5.74) is 0.897. The van der Waals surface area contributed by atoms with E-state index in [-0.39, 0.29) is 21.5 Å². The van der Waals surface area contributed by atoms with Gasteiger partial charge in [-0.05, 0) is 37.6 Å². The van der Waals surface area contributed by atoms with E-state index in [1.165, 1.54) is 16.7 Å². The number of sulfone groups is 1. The molecule has 2 aromatic carbocycles. The first-order chi connectivity index (χ1) is 15.6. The van der Waals surface area contributed by atoms with E-state index in [1.54, 1.807) is 39.1 Å². The molecule has 1 aliphatic heterocycles. The van der Waals surface area contributed by atoms with E-state index in [2.05, 4.69) is 5.32 Å². The van der Waals surface area contributed by atoms with Crippen molar-refractivity contribution in [2.24, 2.45) is 7.05 Å². The van der Waals surface area contributed by atoms with Crippen molar-refractivity contribution in [3.05, 3.63) is 57.6 Å². The van der Waals surface area contributed by atoms with Crippen LogP contribution in [-0.4, -0.2) is 50.5 Å². The average molecular weight is 475 g/mol. The number of hydrogen-bond donors (Lipinski definition) is 1. The average Bonchev–Trinajstić information content (AvgIpc) is 2.78. The van der Waals surface area contributed by atoms with Gasteiger partial charge in [0.15, 0.2) is 9.84 Å². The lowest BCUT2D eigenvalue weighted by atomic mass is 10.00. The van der Waals surface area contributed by atoms with Crippen molar-refractivity contribution >= 4 is 32.4 Å². The van der Waals surface area contributed by atoms with E-state index < -0.39 is 21.7 Å². The Bertz CT molecular complexity index is 1380. The zero-order valence-electron chi connectivity index (χ0n) is 19.1. The number of para-hydroxylation sites is 1. The highest BCUT2D eigenvalue weighted by Gasteiger charge is 2.25. The van der Waals surface area contributed by atoms with Crippen LogP contribution in [0.1, 0.15) is 24.1 Å². The first-order valence-electron chi connectivity index (χ1n) is 10.7. The van der Waals surface area contributed by atoms with E-state index in [1.807, 2.05) is 4.90 Å². The SMILES string of the molecule is Cc1cc2c(=O)n(C)c(N3CCOCC3)nc2c([C@@H](C)Nc2ccccc2S(C)(=O)=O)c1F. The largest absolute Gasteiger partial charge is 0.378 e. The number of aromatic nitrogens is 2. The minimum absolute atomic E-state index is 0.118. The molecule has 1 aliphatic rings. The molecule has 4 rings (SSSR count). The van der Waals surface area contributed by atoms with Gasteiger partial charge in [0.25, 0.3) is 5.56 Å². The van der Waals surface area contributed by atoms with Crippen molar-refractivity contribution in [1.29, 1.82) is 0 Å². The Morgan fingerprint density at radius 3 is 2.55 bits per heavy atom. The lowest BCUT2D eigenvalue weighted by Gasteiger charge is -2.29. The first kappa shape index (κ1) is 23.2. The Labute approximate surface area is 191 Å². The number of anilines is 2. The molecular formula is C23H27FN4O4S. The summed E-state index contributed by atoms with van der Waals surface area (Å²) in [5.74, 6) is -0.0305. The van der Waals surface area contributed by atoms with E-state index in [0.29, 0.717) is 48.9 Å². The standard InChI is InChI=1S/C23H27FN4O4S/c1-14-13-16-21(26-23(27(3)22(16)29)28-9-11-32-12-10-28)19(20(14)24)15(2)25-17-7-5-6-8-18(17)33(4,30)31/h5-8,13,15,25H,9-12H2,1-4H3/t15-/m1/s1. The van der Waals surface area contributed by atoms with Crippen molar-refractivity contribution in [2.45, 2.75) is 24.8 Å². The summed E-state index contributed by atoms with van der Waals surface area (Å²) >= 11 is 0. The van der Waals surface area contributed by atoms with Crippen LogP contribution >= 0.6 is 0 Å². The van der Waals surface area contributed by atoms with Crippen molar-refractivity contribution < 1.29 is 17.5 Å². The maximum absolute atomic E-state index is 15.5. The van der Waals surface area contributed by atoms with Crippen LogP contribution in [0, 0.1) is 12.7 Å². The number of nitrogens with zero attached hydrogens (tertiary/aromatic N) is 3. The highest BCUT2D eigenvalue weighted by molar-refractivity contribution is 7.90. The summed E-state index contributed by atoms with van der Waals surface area (Å²) in [6, 6.07) is 7.33. The molecule has 1 aromatic heterocycles. The van der Waals surface area contributed by atoms with Crippen molar-refractivity contribution in [1.82, 2.24) is 9.55 Å². The van der Waals surface area contributed by atoms with Gasteiger partial charge in [-0.1, -0.05) is 12.1 Å². The zero-order chi connectivity index (χ0) is 23.9. The highest BCUT2D eigenvalue weighted by Crippen LogP contribution is 2.32. The van der Waals surface area contributed by atoms with E-state index in [0.717, 1.165) is 6.26 Å². The van der Waals surface area contributed by atoms with Gasteiger partial charge >= 0.3 is 0 Å². The molecule has 3 aromatic rings. The van der Waals surface area contributed by atoms with Crippen LogP contribution < -0.4 is 15.8 Å². The topological polar surface area (TPSA) is 93.5 Å². The Balaban J connectivity index is 1.89. The van der Waals surface area contributed by atoms with Gasteiger partial charge in [-0.2, -0.15) is 0 Å². The van der Waals surface area contributed by atoms with E-state index in [4.69, 9.17) is 9.72 Å². The second-order valence-electron chi connectivity index (χ2n) is 8.33. The minimum Gasteiger partial charge on any atom is -0.378 e. The van der Waals surface area contributed by atoms with Crippen LogP contribution in [0.25, 0.3) is 10.9 Å². The van der Waals surface area contributed by atoms with Gasteiger partial charge in [0.1, 0.15) is 5.82 Å². The molecule has 1 fully saturated rings. The number of halogens is 1. The second-order valence-corrected chi connectivity index (χ2v) is 10.3. The predicted octanol–water partition coefficient (Wildman–Crippen LogP) is 2.79. The minimum atomic E-state index is -3.50. The lowest BCUT2D eigenvalue weighted by Crippen LogP contribution is -2.40. The van der Waals surface area contributed by atoms with Crippen molar-refractivity contribution in [3.8, 4) is 0 Å². The number of rotatable bonds is 5. The van der Waals surface area contributed by atoms with Gasteiger partial charge in [-0.25, -0.2) is 17.8 Å². The molecule has 0 unspecified atom stereocenters. The Morgan fingerprint density at radius 2 is 1.88 bits per heavy atom. The number of fused-ring (bicyclic) bond motifs is 1. The van der Waals surface area contributed by atoms with E-state index in [9.17, 15) is 13.2 Å². The molecule has 0 bridgehead atoms. The summed E-state index contributed by atoms with van der Waals surface area (Å²) < 4.78 is 46.8. The molecule has 0 radical (unpaired) electrons. The van der Waals surface area contributed by atoms with Gasteiger partial charge in [0, 0.05) is 32.0 Å². The second kappa shape index (κ2) is 8.75. The molecular weight excluding hydrogens is 447 g/mol. The van der Waals surface area contributed by atoms with Crippen LogP contribution in [0.4, 0.5) is 16.0 Å². The van der Waals surface area contributed by atoms with Crippen LogP contribution in [0.5, 0.6) is 0 Å². The third-order valence-electron chi connectivity index (χ3n) is 5.89. The lowest BCUT2D eigenvalue weighted by molar-refractivity contribution is 0.121. The number of morpholine rings is 1. The van der Waals surface area contributed by atoms with Crippen LogP contribution in [0.3, 0.4) is 0 Å². The smallest absolute Gasteiger partial charge is 0.262 e. The molecule has 1 saturated heterocycles. The normalized spacial score (nSPS) is 15.6. The van der Waals surface area contributed by atoms with Crippen LogP contribution in [-0.2, 0) is 21.6 Å². The van der Waals surface area contributed by atoms with Gasteiger partial charge in [0.05, 0.1) is 40.7 Å². The maximum Gasteiger partial charge on any atom is 0.262 e. The number of nitrogens with one attached hydrogen (secondary N) is 1. The Morgan fingerprint density at radius 1 is 1.21 bits per heavy atom. The zero-order valence-corrected chi connectivity index (χ0v) is 19.9. The summed E-state index contributed by atoms with van der Waals surface area (Å²) in [6.45, 7) is 5.51. The molecule has 33 heavy (non-hydrogen) atoms. The van der Waals surface area contributed by atoms with E-state index >= 15 is 4.39 Å². The third-order valence-corrected chi connectivity index (χ3v) is 7.04. The van der Waals surface area contributed by atoms with Gasteiger partial charge in [-0.3, -0.25) is 9.36 Å². The molecule has 1 atom stereocenters. The molecule has 2 heterocycles. The number of aryl methyl sites for hydroxylation is 1. The quantitative estimate of drug-likeness (QED) is 0.608. The van der Waals surface area contributed by atoms with Crippen molar-refractivity contribution in [3.63, 3.8) is 0 Å². The monoisotopic (exact) mass is 474 g/mol. The third kappa shape index (κ3) is 4.32. The fourth-order valence-electron chi connectivity index (χ4n) is 4.20. The summed E-state index contributed by atoms with van der Waals surface area (Å²) in [7, 11) is -1.84. The molecule has 176 valence electrons. The fourth-order valence-corrected chi connectivity index (χ4v) is 5.05.